The van der Waals surface area contributed by atoms with Crippen molar-refractivity contribution in [1.29, 1.82) is 0 Å². The molecular weight excluding hydrogens is 302 g/mol. The van der Waals surface area contributed by atoms with Gasteiger partial charge >= 0.3 is 0 Å². The van der Waals surface area contributed by atoms with Crippen molar-refractivity contribution in [3.63, 3.8) is 0 Å². The van der Waals surface area contributed by atoms with E-state index >= 15 is 0 Å². The van der Waals surface area contributed by atoms with Crippen LogP contribution in [0.1, 0.15) is 10.4 Å². The first kappa shape index (κ1) is 14.7. The lowest BCUT2D eigenvalue weighted by Crippen LogP contribution is -2.53. The highest BCUT2D eigenvalue weighted by Gasteiger charge is 2.32. The molecule has 0 aliphatic carbocycles. The minimum absolute atomic E-state index is 0.0960. The number of aromatic nitrogens is 2. The first-order valence-electron chi connectivity index (χ1n) is 7.90. The van der Waals surface area contributed by atoms with Gasteiger partial charge in [-0.05, 0) is 12.1 Å². The summed E-state index contributed by atoms with van der Waals surface area (Å²) < 4.78 is 1.73. The van der Waals surface area contributed by atoms with E-state index in [1.807, 2.05) is 60.7 Å². The highest BCUT2D eigenvalue weighted by molar-refractivity contribution is 6.00. The van der Waals surface area contributed by atoms with Gasteiger partial charge in [0.1, 0.15) is 5.69 Å². The molecule has 1 aromatic heterocycles. The van der Waals surface area contributed by atoms with Crippen molar-refractivity contribution < 1.29 is 9.90 Å². The number of hydrogen-bond acceptors (Lipinski definition) is 3. The molecule has 1 amide bonds. The summed E-state index contributed by atoms with van der Waals surface area (Å²) in [5.74, 6) is -0.0960. The van der Waals surface area contributed by atoms with E-state index in [0.717, 1.165) is 11.3 Å². The molecule has 1 aliphatic heterocycles. The van der Waals surface area contributed by atoms with Gasteiger partial charge in [-0.3, -0.25) is 4.79 Å². The molecule has 3 aromatic rings. The molecule has 120 valence electrons. The molecule has 0 radical (unpaired) electrons. The number of hydrogen-bond donors (Lipinski definition) is 1. The van der Waals surface area contributed by atoms with Crippen molar-refractivity contribution in [2.24, 2.45) is 0 Å². The van der Waals surface area contributed by atoms with Crippen molar-refractivity contribution in [3.8, 4) is 16.9 Å². The largest absolute Gasteiger partial charge is 0.389 e. The minimum atomic E-state index is -0.418. The summed E-state index contributed by atoms with van der Waals surface area (Å²) in [6.45, 7) is 0.757. The van der Waals surface area contributed by atoms with Crippen LogP contribution in [0.5, 0.6) is 0 Å². The average molecular weight is 319 g/mol. The van der Waals surface area contributed by atoms with Gasteiger partial charge < -0.3 is 10.0 Å². The Balaban J connectivity index is 1.78. The van der Waals surface area contributed by atoms with Crippen LogP contribution in [0.3, 0.4) is 0 Å². The van der Waals surface area contributed by atoms with Crippen LogP contribution in [0.25, 0.3) is 16.9 Å². The van der Waals surface area contributed by atoms with E-state index < -0.39 is 6.10 Å². The highest BCUT2D eigenvalue weighted by atomic mass is 16.3. The Morgan fingerprint density at radius 1 is 1.00 bits per heavy atom. The molecule has 5 nitrogen and oxygen atoms in total. The number of aliphatic hydroxyl groups excluding tert-OH is 1. The van der Waals surface area contributed by atoms with E-state index in [1.54, 1.807) is 15.8 Å². The van der Waals surface area contributed by atoms with E-state index in [1.165, 1.54) is 0 Å². The number of rotatable bonds is 3. The van der Waals surface area contributed by atoms with Gasteiger partial charge in [0.05, 0.1) is 17.4 Å². The number of carbonyl (C=O) groups is 1. The molecular formula is C19H17N3O2. The molecule has 1 N–H and O–H groups in total. The third kappa shape index (κ3) is 2.59. The summed E-state index contributed by atoms with van der Waals surface area (Å²) in [6, 6.07) is 19.4. The van der Waals surface area contributed by atoms with Crippen LogP contribution >= 0.6 is 0 Å². The molecule has 4 rings (SSSR count). The Morgan fingerprint density at radius 2 is 1.62 bits per heavy atom. The van der Waals surface area contributed by atoms with Gasteiger partial charge in [0, 0.05) is 24.8 Å². The molecule has 5 heteroatoms. The molecule has 1 saturated heterocycles. The van der Waals surface area contributed by atoms with Gasteiger partial charge in [-0.15, -0.1) is 0 Å². The second-order valence-corrected chi connectivity index (χ2v) is 5.90. The summed E-state index contributed by atoms with van der Waals surface area (Å²) in [5.41, 5.74) is 3.01. The van der Waals surface area contributed by atoms with Crippen LogP contribution in [0.15, 0.2) is 66.9 Å². The molecule has 24 heavy (non-hydrogen) atoms. The number of nitrogens with zero attached hydrogens (tertiary/aromatic N) is 3. The lowest BCUT2D eigenvalue weighted by Gasteiger charge is -2.35. The Bertz CT molecular complexity index is 853. The standard InChI is InChI=1S/C19H17N3O2/c23-16-11-21(12-16)19(24)17-13-22(15-9-5-2-6-10-15)20-18(17)14-7-3-1-4-8-14/h1-10,13,16,23H,11-12H2. The van der Waals surface area contributed by atoms with Crippen LogP contribution < -0.4 is 0 Å². The van der Waals surface area contributed by atoms with E-state index in [0.29, 0.717) is 24.3 Å². The molecule has 1 fully saturated rings. The van der Waals surface area contributed by atoms with Crippen molar-refractivity contribution in [3.05, 3.63) is 72.4 Å². The fraction of sp³-hybridized carbons (Fsp3) is 0.158. The van der Waals surface area contributed by atoms with Crippen molar-refractivity contribution in [2.75, 3.05) is 13.1 Å². The maximum Gasteiger partial charge on any atom is 0.257 e. The molecule has 0 atom stereocenters. The number of para-hydroxylation sites is 1. The minimum Gasteiger partial charge on any atom is -0.389 e. The van der Waals surface area contributed by atoms with Crippen molar-refractivity contribution >= 4 is 5.91 Å². The number of likely N-dealkylation sites (tertiary alicyclic amines) is 1. The van der Waals surface area contributed by atoms with Gasteiger partial charge in [0.25, 0.3) is 5.91 Å². The predicted molar refractivity (Wildman–Crippen MR) is 90.9 cm³/mol. The number of carbonyl (C=O) groups excluding carboxylic acids is 1. The zero-order valence-corrected chi connectivity index (χ0v) is 13.0. The fourth-order valence-corrected chi connectivity index (χ4v) is 2.84. The van der Waals surface area contributed by atoms with E-state index in [9.17, 15) is 9.90 Å². The molecule has 0 unspecified atom stereocenters. The normalized spacial score (nSPS) is 14.5. The third-order valence-electron chi connectivity index (χ3n) is 4.16. The molecule has 0 bridgehead atoms. The molecule has 2 heterocycles. The second kappa shape index (κ2) is 5.94. The van der Waals surface area contributed by atoms with Gasteiger partial charge in [0.2, 0.25) is 0 Å². The number of amides is 1. The molecule has 1 aliphatic rings. The maximum atomic E-state index is 12.8. The topological polar surface area (TPSA) is 58.4 Å². The highest BCUT2D eigenvalue weighted by Crippen LogP contribution is 2.26. The summed E-state index contributed by atoms with van der Waals surface area (Å²) in [7, 11) is 0. The van der Waals surface area contributed by atoms with Crippen LogP contribution in [0, 0.1) is 0 Å². The predicted octanol–water partition coefficient (Wildman–Crippen LogP) is 2.36. The quantitative estimate of drug-likeness (QED) is 0.806. The van der Waals surface area contributed by atoms with Crippen molar-refractivity contribution in [2.45, 2.75) is 6.10 Å². The van der Waals surface area contributed by atoms with Gasteiger partial charge in [-0.25, -0.2) is 4.68 Å². The Kier molecular flexibility index (Phi) is 3.63. The maximum absolute atomic E-state index is 12.8. The van der Waals surface area contributed by atoms with Gasteiger partial charge in [-0.1, -0.05) is 48.5 Å². The summed E-state index contributed by atoms with van der Waals surface area (Å²) >= 11 is 0. The van der Waals surface area contributed by atoms with Gasteiger partial charge in [0.15, 0.2) is 0 Å². The molecule has 2 aromatic carbocycles. The zero-order chi connectivity index (χ0) is 16.5. The van der Waals surface area contributed by atoms with Crippen LogP contribution in [-0.4, -0.2) is 44.9 Å². The lowest BCUT2D eigenvalue weighted by molar-refractivity contribution is 0.00594. The molecule has 0 spiro atoms. The van der Waals surface area contributed by atoms with Crippen LogP contribution in [-0.2, 0) is 0 Å². The first-order valence-corrected chi connectivity index (χ1v) is 7.90. The van der Waals surface area contributed by atoms with Crippen LogP contribution in [0.4, 0.5) is 0 Å². The van der Waals surface area contributed by atoms with Gasteiger partial charge in [-0.2, -0.15) is 5.10 Å². The third-order valence-corrected chi connectivity index (χ3v) is 4.16. The smallest absolute Gasteiger partial charge is 0.257 e. The number of β-amino-alcohol motifs (C(OH)–C–C–N with tert-alkyl or cyclic N) is 1. The summed E-state index contributed by atoms with van der Waals surface area (Å²) in [5, 5.41) is 14.1. The van der Waals surface area contributed by atoms with E-state index in [4.69, 9.17) is 0 Å². The number of aliphatic hydroxyl groups is 1. The first-order chi connectivity index (χ1) is 11.7. The summed E-state index contributed by atoms with van der Waals surface area (Å²) in [4.78, 5) is 14.4. The monoisotopic (exact) mass is 319 g/mol. The molecule has 0 saturated carbocycles. The summed E-state index contributed by atoms with van der Waals surface area (Å²) in [6.07, 6.45) is 1.35. The lowest BCUT2D eigenvalue weighted by atomic mass is 10.1. The van der Waals surface area contributed by atoms with E-state index in [2.05, 4.69) is 5.10 Å². The Hall–Kier alpha value is -2.92. The fourth-order valence-electron chi connectivity index (χ4n) is 2.84. The van der Waals surface area contributed by atoms with E-state index in [-0.39, 0.29) is 5.91 Å². The zero-order valence-electron chi connectivity index (χ0n) is 13.0. The SMILES string of the molecule is O=C(c1cn(-c2ccccc2)nc1-c1ccccc1)N1CC(O)C1. The van der Waals surface area contributed by atoms with Crippen molar-refractivity contribution in [1.82, 2.24) is 14.7 Å². The Morgan fingerprint density at radius 3 is 2.25 bits per heavy atom. The Labute approximate surface area is 139 Å². The average Bonchev–Trinajstić information content (AvgIpc) is 3.05. The second-order valence-electron chi connectivity index (χ2n) is 5.90. The number of benzene rings is 2. The van der Waals surface area contributed by atoms with Crippen LogP contribution in [0.2, 0.25) is 0 Å².